The summed E-state index contributed by atoms with van der Waals surface area (Å²) in [6.07, 6.45) is -3.67. The zero-order valence-corrected chi connectivity index (χ0v) is 26.3. The lowest BCUT2D eigenvalue weighted by atomic mass is 9.89. The van der Waals surface area contributed by atoms with Gasteiger partial charge in [-0.25, -0.2) is 0 Å². The van der Waals surface area contributed by atoms with Crippen LogP contribution in [0.4, 0.5) is 24.5 Å². The summed E-state index contributed by atoms with van der Waals surface area (Å²) in [5.41, 5.74) is 2.02. The molecule has 0 radical (unpaired) electrons. The summed E-state index contributed by atoms with van der Waals surface area (Å²) in [4.78, 5) is 15.1. The zero-order valence-electron chi connectivity index (χ0n) is 25.5. The monoisotopic (exact) mass is 644 g/mol. The molecule has 0 aliphatic carbocycles. The van der Waals surface area contributed by atoms with Crippen LogP contribution in [0.15, 0.2) is 36.4 Å². The fourth-order valence-electron chi connectivity index (χ4n) is 5.76. The number of amides is 1. The number of rotatable bonds is 2. The van der Waals surface area contributed by atoms with Gasteiger partial charge in [-0.05, 0) is 61.5 Å². The van der Waals surface area contributed by atoms with E-state index in [4.69, 9.17) is 14.2 Å². The average molecular weight is 645 g/mol. The Morgan fingerprint density at radius 1 is 1.11 bits per heavy atom. The number of nitrogens with one attached hydrogen (secondary N) is 3. The number of hydrogen-bond acceptors (Lipinski definition) is 8. The Balaban J connectivity index is 1.47. The summed E-state index contributed by atoms with van der Waals surface area (Å²) >= 11 is 1.29. The smallest absolute Gasteiger partial charge is 0.393 e. The number of ether oxygens (including phenoxy) is 3. The molecule has 0 saturated carbocycles. The molecule has 242 valence electrons. The Labute approximate surface area is 265 Å². The lowest BCUT2D eigenvalue weighted by Gasteiger charge is -2.38. The number of carbonyl (C=O) groups excluding carboxylic acids is 1. The molecule has 45 heavy (non-hydrogen) atoms. The zero-order chi connectivity index (χ0) is 31.8. The second-order valence-electron chi connectivity index (χ2n) is 11.3. The van der Waals surface area contributed by atoms with Gasteiger partial charge in [0.15, 0.2) is 0 Å². The van der Waals surface area contributed by atoms with Gasteiger partial charge in [-0.3, -0.25) is 4.79 Å². The van der Waals surface area contributed by atoms with Gasteiger partial charge in [0, 0.05) is 43.6 Å². The first kappa shape index (κ1) is 32.9. The van der Waals surface area contributed by atoms with Crippen molar-refractivity contribution in [2.75, 3.05) is 77.4 Å². The van der Waals surface area contributed by atoms with Crippen LogP contribution in [-0.2, 0) is 15.9 Å². The number of likely N-dealkylation sites (tertiary alicyclic amines) is 1. The van der Waals surface area contributed by atoms with E-state index in [0.717, 1.165) is 36.3 Å². The number of anilines is 2. The van der Waals surface area contributed by atoms with Gasteiger partial charge in [-0.2, -0.15) is 13.2 Å². The number of hydrogen-bond donors (Lipinski definition) is 3. The first-order valence-corrected chi connectivity index (χ1v) is 16.0. The van der Waals surface area contributed by atoms with Crippen LogP contribution in [0.5, 0.6) is 5.75 Å². The van der Waals surface area contributed by atoms with Crippen LogP contribution < -0.4 is 20.7 Å². The molecule has 5 rings (SSSR count). The summed E-state index contributed by atoms with van der Waals surface area (Å²) < 4.78 is 59.5. The van der Waals surface area contributed by atoms with Gasteiger partial charge in [-0.1, -0.05) is 24.0 Å². The van der Waals surface area contributed by atoms with Gasteiger partial charge in [0.2, 0.25) is 0 Å². The van der Waals surface area contributed by atoms with E-state index >= 15 is 0 Å². The Hall–Kier alpha value is -3.50. The lowest BCUT2D eigenvalue weighted by Crippen LogP contribution is -2.45. The van der Waals surface area contributed by atoms with Crippen LogP contribution in [-0.4, -0.2) is 89.8 Å². The number of benzene rings is 2. The van der Waals surface area contributed by atoms with E-state index in [1.807, 2.05) is 12.1 Å². The lowest BCUT2D eigenvalue weighted by molar-refractivity contribution is -0.126. The second kappa shape index (κ2) is 15.2. The summed E-state index contributed by atoms with van der Waals surface area (Å²) in [6, 6.07) is 10.7. The third kappa shape index (κ3) is 9.04. The van der Waals surface area contributed by atoms with Crippen molar-refractivity contribution in [2.24, 2.45) is 5.92 Å². The largest absolute Gasteiger partial charge is 0.491 e. The summed E-state index contributed by atoms with van der Waals surface area (Å²) in [5, 5.41) is 10.0. The van der Waals surface area contributed by atoms with Gasteiger partial charge in [0.1, 0.15) is 12.4 Å². The average Bonchev–Trinajstić information content (AvgIpc) is 3.35. The van der Waals surface area contributed by atoms with E-state index in [2.05, 4.69) is 39.7 Å². The summed E-state index contributed by atoms with van der Waals surface area (Å²) in [6.45, 7) is 4.10. The van der Waals surface area contributed by atoms with Crippen molar-refractivity contribution in [3.05, 3.63) is 52.4 Å². The molecule has 1 saturated heterocycles. The minimum absolute atomic E-state index is 0.155. The van der Waals surface area contributed by atoms with Crippen molar-refractivity contribution in [1.29, 1.82) is 0 Å². The molecule has 3 aromatic rings. The third-order valence-corrected chi connectivity index (χ3v) is 9.15. The number of thiophene rings is 1. The third-order valence-electron chi connectivity index (χ3n) is 7.95. The molecule has 0 spiro atoms. The van der Waals surface area contributed by atoms with Crippen molar-refractivity contribution in [3.8, 4) is 17.6 Å². The summed E-state index contributed by atoms with van der Waals surface area (Å²) in [7, 11) is 3.65. The maximum atomic E-state index is 13.8. The highest BCUT2D eigenvalue weighted by Gasteiger charge is 2.32. The molecule has 1 fully saturated rings. The number of carbonyl (C=O) groups is 1. The molecular formula is C33H39F3N4O4S. The van der Waals surface area contributed by atoms with Crippen molar-refractivity contribution in [1.82, 2.24) is 10.2 Å². The highest BCUT2D eigenvalue weighted by atomic mass is 32.1. The number of fused-ring (bicyclic) bond motifs is 4. The van der Waals surface area contributed by atoms with Gasteiger partial charge in [0.05, 0.1) is 48.1 Å². The number of alkyl halides is 3. The molecule has 1 amide bonds. The predicted molar refractivity (Wildman–Crippen MR) is 172 cm³/mol. The quantitative estimate of drug-likeness (QED) is 0.324. The van der Waals surface area contributed by atoms with Crippen molar-refractivity contribution < 1.29 is 32.2 Å². The molecule has 2 unspecified atom stereocenters. The van der Waals surface area contributed by atoms with Crippen LogP contribution in [0.25, 0.3) is 10.1 Å². The Bertz CT molecular complexity index is 1530. The number of piperidine rings is 1. The molecule has 12 heteroatoms. The van der Waals surface area contributed by atoms with Gasteiger partial charge in [-0.15, -0.1) is 11.3 Å². The molecule has 1 aromatic heterocycles. The fourth-order valence-corrected chi connectivity index (χ4v) is 6.93. The van der Waals surface area contributed by atoms with E-state index < -0.39 is 12.6 Å². The number of nitrogens with zero attached hydrogens (tertiary/aromatic N) is 1. The minimum Gasteiger partial charge on any atom is -0.491 e. The predicted octanol–water partition coefficient (Wildman–Crippen LogP) is 5.38. The molecule has 8 nitrogen and oxygen atoms in total. The van der Waals surface area contributed by atoms with Gasteiger partial charge >= 0.3 is 6.18 Å². The topological polar surface area (TPSA) is 84.1 Å². The maximum Gasteiger partial charge on any atom is 0.393 e. The number of halogens is 3. The fraction of sp³-hybridized carbons (Fsp3) is 0.485. The highest BCUT2D eigenvalue weighted by molar-refractivity contribution is 7.20. The second-order valence-corrected chi connectivity index (χ2v) is 12.3. The molecule has 2 aliphatic heterocycles. The van der Waals surface area contributed by atoms with E-state index in [1.54, 1.807) is 31.3 Å². The normalized spacial score (nSPS) is 20.6. The van der Waals surface area contributed by atoms with E-state index in [-0.39, 0.29) is 30.7 Å². The molecule has 2 aromatic carbocycles. The minimum atomic E-state index is -4.38. The Morgan fingerprint density at radius 3 is 2.71 bits per heavy atom. The van der Waals surface area contributed by atoms with Gasteiger partial charge in [0.25, 0.3) is 5.91 Å². The van der Waals surface area contributed by atoms with Crippen LogP contribution in [0.2, 0.25) is 0 Å². The van der Waals surface area contributed by atoms with E-state index in [1.165, 1.54) is 11.3 Å². The van der Waals surface area contributed by atoms with Crippen LogP contribution in [0.3, 0.4) is 0 Å². The highest BCUT2D eigenvalue weighted by Crippen LogP contribution is 2.40. The first-order valence-electron chi connectivity index (χ1n) is 15.1. The Morgan fingerprint density at radius 2 is 1.91 bits per heavy atom. The van der Waals surface area contributed by atoms with Crippen LogP contribution >= 0.6 is 11.3 Å². The van der Waals surface area contributed by atoms with Crippen molar-refractivity contribution in [2.45, 2.75) is 31.5 Å². The molecular weight excluding hydrogens is 605 g/mol. The molecule has 2 aliphatic rings. The molecule has 3 N–H and O–H groups in total. The van der Waals surface area contributed by atoms with Crippen LogP contribution in [0.1, 0.15) is 33.6 Å². The summed E-state index contributed by atoms with van der Waals surface area (Å²) in [5.74, 6) is 6.52. The first-order chi connectivity index (χ1) is 21.7. The van der Waals surface area contributed by atoms with Gasteiger partial charge < -0.3 is 35.1 Å². The SMILES string of the molecule is CNC(=O)c1cc2cc(c1)OCCOCCOCCC1CN(C)CCC1Nc1cccc3c(CC(F)(F)F)c(sc13)C#CCN2. The van der Waals surface area contributed by atoms with Crippen molar-refractivity contribution in [3.63, 3.8) is 0 Å². The molecule has 2 atom stereocenters. The molecule has 3 heterocycles. The van der Waals surface area contributed by atoms with E-state index in [9.17, 15) is 18.0 Å². The van der Waals surface area contributed by atoms with Crippen LogP contribution in [0, 0.1) is 17.8 Å². The molecule has 4 bridgehead atoms. The maximum absolute atomic E-state index is 13.8. The Kier molecular flexibility index (Phi) is 11.1. The van der Waals surface area contributed by atoms with Crippen molar-refractivity contribution >= 4 is 38.7 Å². The van der Waals surface area contributed by atoms with E-state index in [0.29, 0.717) is 59.6 Å². The standard InChI is InChI=1S/C33H39F3N4O4S/c1-37-32(41)23-17-24-19-25(18-23)44-16-15-43-14-13-42-12-9-22-21-40(2)11-8-28(22)39-29-6-3-5-26-27(20-33(34,35)36)30(45-31(26)29)7-4-10-38-24/h3,5-6,17-19,22,28,38-39H,8-16,20-21H2,1-2H3,(H,37,41).